The summed E-state index contributed by atoms with van der Waals surface area (Å²) in [6.07, 6.45) is 2.11. The minimum Gasteiger partial charge on any atom is -0.385 e. The van der Waals surface area contributed by atoms with Crippen LogP contribution < -0.4 is 10.9 Å². The average Bonchev–Trinajstić information content (AvgIpc) is 2.57. The van der Waals surface area contributed by atoms with Crippen LogP contribution in [0.1, 0.15) is 17.0 Å². The second kappa shape index (κ2) is 8.21. The Morgan fingerprint density at radius 1 is 1.42 bits per heavy atom. The van der Waals surface area contributed by atoms with Crippen molar-refractivity contribution in [1.29, 1.82) is 0 Å². The van der Waals surface area contributed by atoms with Crippen LogP contribution >= 0.6 is 0 Å². The first-order valence-corrected chi connectivity index (χ1v) is 7.54. The Balaban J connectivity index is 2.43. The van der Waals surface area contributed by atoms with Gasteiger partial charge in [0.15, 0.2) is 0 Å². The first kappa shape index (κ1) is 17.6. The van der Waals surface area contributed by atoms with E-state index in [1.807, 2.05) is 0 Å². The fourth-order valence-corrected chi connectivity index (χ4v) is 2.03. The van der Waals surface area contributed by atoms with Gasteiger partial charge in [-0.25, -0.2) is 4.98 Å². The lowest BCUT2D eigenvalue weighted by Crippen LogP contribution is -2.33. The third-order valence-electron chi connectivity index (χ3n) is 3.17. The van der Waals surface area contributed by atoms with Crippen LogP contribution in [0.2, 0.25) is 0 Å². The maximum Gasteiger partial charge on any atom is 0.289 e. The maximum absolute atomic E-state index is 12.6. The van der Waals surface area contributed by atoms with Crippen LogP contribution in [-0.2, 0) is 4.74 Å². The van der Waals surface area contributed by atoms with E-state index < -0.39 is 5.91 Å². The summed E-state index contributed by atoms with van der Waals surface area (Å²) < 4.78 is 5.97. The van der Waals surface area contributed by atoms with Crippen LogP contribution in [0, 0.1) is 0 Å². The number of nitrogens with one attached hydrogen (secondary N) is 1. The molecule has 128 valence electrons. The highest BCUT2D eigenvalue weighted by Gasteiger charge is 2.16. The molecule has 8 heteroatoms. The molecule has 2 aromatic rings. The van der Waals surface area contributed by atoms with E-state index in [1.165, 1.54) is 6.34 Å². The number of fused-ring (bicyclic) bond motifs is 1. The molecule has 1 amide bonds. The number of para-hydroxylation sites is 1. The molecule has 0 unspecified atom stereocenters. The van der Waals surface area contributed by atoms with Crippen molar-refractivity contribution in [3.63, 3.8) is 0 Å². The molecule has 0 saturated carbocycles. The van der Waals surface area contributed by atoms with Gasteiger partial charge >= 0.3 is 0 Å². The molecule has 2 rings (SSSR count). The van der Waals surface area contributed by atoms with Crippen LogP contribution in [0.15, 0.2) is 34.2 Å². The highest BCUT2D eigenvalue weighted by molar-refractivity contribution is 5.93. The van der Waals surface area contributed by atoms with Crippen molar-refractivity contribution in [2.45, 2.75) is 6.42 Å². The number of nitrogens with zero attached hydrogens (tertiary/aromatic N) is 4. The van der Waals surface area contributed by atoms with E-state index in [2.05, 4.69) is 15.4 Å². The summed E-state index contributed by atoms with van der Waals surface area (Å²) in [5.74, 6) is -0.501. The topological polar surface area (TPSA) is 88.8 Å². The van der Waals surface area contributed by atoms with E-state index in [-0.39, 0.29) is 11.4 Å². The van der Waals surface area contributed by atoms with Gasteiger partial charge in [0.25, 0.3) is 11.5 Å². The summed E-state index contributed by atoms with van der Waals surface area (Å²) in [7, 11) is 5.14. The number of methoxy groups -OCH3 is 1. The Kier molecular flexibility index (Phi) is 6.02. The Labute approximate surface area is 139 Å². The van der Waals surface area contributed by atoms with Crippen molar-refractivity contribution >= 4 is 23.1 Å². The normalized spacial score (nSPS) is 11.1. The van der Waals surface area contributed by atoms with Gasteiger partial charge in [-0.15, -0.1) is 0 Å². The SMILES string of the molecule is COCCCNC(=O)c1nc2ccccc2c(=O)n1/N=C\N(C)C. The zero-order valence-electron chi connectivity index (χ0n) is 14.0. The van der Waals surface area contributed by atoms with Crippen molar-refractivity contribution in [3.05, 3.63) is 40.4 Å². The number of aromatic nitrogens is 2. The summed E-state index contributed by atoms with van der Waals surface area (Å²) in [5.41, 5.74) is 0.0709. The Morgan fingerprint density at radius 3 is 2.88 bits per heavy atom. The van der Waals surface area contributed by atoms with Gasteiger partial charge in [-0.1, -0.05) is 12.1 Å². The lowest BCUT2D eigenvalue weighted by molar-refractivity contribution is 0.0933. The molecule has 0 saturated heterocycles. The number of carbonyl (C=O) groups excluding carboxylic acids is 1. The van der Waals surface area contributed by atoms with Crippen LogP contribution in [-0.4, -0.2) is 61.2 Å². The highest BCUT2D eigenvalue weighted by atomic mass is 16.5. The second-order valence-electron chi connectivity index (χ2n) is 5.37. The quantitative estimate of drug-likeness (QED) is 0.454. The monoisotopic (exact) mass is 331 g/mol. The van der Waals surface area contributed by atoms with Crippen molar-refractivity contribution < 1.29 is 9.53 Å². The standard InChI is InChI=1S/C16H21N5O3/c1-20(2)11-18-21-14(15(22)17-9-6-10-24-3)19-13-8-5-4-7-12(13)16(21)23/h4-5,7-8,11H,6,9-10H2,1-3H3,(H,17,22)/b18-11-. The molecule has 0 aliphatic rings. The third kappa shape index (κ3) is 4.17. The van der Waals surface area contributed by atoms with Crippen LogP contribution in [0.4, 0.5) is 0 Å². The molecule has 0 radical (unpaired) electrons. The van der Waals surface area contributed by atoms with Gasteiger partial charge in [0.2, 0.25) is 5.82 Å². The average molecular weight is 331 g/mol. The largest absolute Gasteiger partial charge is 0.385 e. The number of benzene rings is 1. The molecule has 0 atom stereocenters. The molecule has 0 fully saturated rings. The zero-order chi connectivity index (χ0) is 17.5. The molecule has 0 aliphatic heterocycles. The van der Waals surface area contributed by atoms with E-state index in [4.69, 9.17) is 4.74 Å². The molecule has 1 heterocycles. The molecule has 1 aromatic heterocycles. The van der Waals surface area contributed by atoms with Crippen LogP contribution in [0.3, 0.4) is 0 Å². The fraction of sp³-hybridized carbons (Fsp3) is 0.375. The van der Waals surface area contributed by atoms with Gasteiger partial charge in [-0.3, -0.25) is 9.59 Å². The maximum atomic E-state index is 12.6. The first-order chi connectivity index (χ1) is 11.5. The van der Waals surface area contributed by atoms with Crippen LogP contribution in [0.5, 0.6) is 0 Å². The third-order valence-corrected chi connectivity index (χ3v) is 3.17. The van der Waals surface area contributed by atoms with Gasteiger partial charge in [0, 0.05) is 34.4 Å². The van der Waals surface area contributed by atoms with Gasteiger partial charge in [0.1, 0.15) is 6.34 Å². The predicted octanol–water partition coefficient (Wildman–Crippen LogP) is 0.516. The summed E-state index contributed by atoms with van der Waals surface area (Å²) in [6.45, 7) is 0.962. The molecule has 0 aliphatic carbocycles. The van der Waals surface area contributed by atoms with E-state index in [1.54, 1.807) is 50.4 Å². The van der Waals surface area contributed by atoms with Gasteiger partial charge in [0.05, 0.1) is 10.9 Å². The summed E-state index contributed by atoms with van der Waals surface area (Å²) in [4.78, 5) is 31.0. The molecular weight excluding hydrogens is 310 g/mol. The predicted molar refractivity (Wildman–Crippen MR) is 92.4 cm³/mol. The fourth-order valence-electron chi connectivity index (χ4n) is 2.03. The van der Waals surface area contributed by atoms with Crippen molar-refractivity contribution in [2.75, 3.05) is 34.4 Å². The van der Waals surface area contributed by atoms with Crippen LogP contribution in [0.25, 0.3) is 10.9 Å². The second-order valence-corrected chi connectivity index (χ2v) is 5.37. The van der Waals surface area contributed by atoms with Crippen molar-refractivity contribution in [3.8, 4) is 0 Å². The van der Waals surface area contributed by atoms with E-state index >= 15 is 0 Å². The number of amides is 1. The summed E-state index contributed by atoms with van der Waals surface area (Å²) in [5, 5.41) is 7.21. The molecular formula is C16H21N5O3. The van der Waals surface area contributed by atoms with Crippen molar-refractivity contribution in [1.82, 2.24) is 19.9 Å². The first-order valence-electron chi connectivity index (χ1n) is 7.54. The number of rotatable bonds is 7. The Morgan fingerprint density at radius 2 is 2.17 bits per heavy atom. The van der Waals surface area contributed by atoms with Gasteiger partial charge in [-0.05, 0) is 18.6 Å². The molecule has 1 aromatic carbocycles. The number of ether oxygens (including phenoxy) is 1. The van der Waals surface area contributed by atoms with Crippen molar-refractivity contribution in [2.24, 2.45) is 5.10 Å². The lowest BCUT2D eigenvalue weighted by Gasteiger charge is -2.10. The number of carbonyl (C=O) groups is 1. The molecule has 24 heavy (non-hydrogen) atoms. The van der Waals surface area contributed by atoms with Gasteiger partial charge in [-0.2, -0.15) is 9.78 Å². The Hall–Kier alpha value is -2.74. The summed E-state index contributed by atoms with van der Waals surface area (Å²) in [6, 6.07) is 6.86. The number of hydrogen-bond donors (Lipinski definition) is 1. The minimum absolute atomic E-state index is 0.0470. The molecule has 0 spiro atoms. The van der Waals surface area contributed by atoms with E-state index in [0.29, 0.717) is 30.5 Å². The molecule has 1 N–H and O–H groups in total. The number of hydrogen-bond acceptors (Lipinski definition) is 5. The van der Waals surface area contributed by atoms with Gasteiger partial charge < -0.3 is 15.0 Å². The summed E-state index contributed by atoms with van der Waals surface area (Å²) >= 11 is 0. The molecule has 0 bridgehead atoms. The Bertz CT molecular complexity index is 798. The lowest BCUT2D eigenvalue weighted by atomic mass is 10.2. The molecule has 8 nitrogen and oxygen atoms in total. The van der Waals surface area contributed by atoms with E-state index in [0.717, 1.165) is 4.68 Å². The minimum atomic E-state index is -0.454. The smallest absolute Gasteiger partial charge is 0.289 e. The zero-order valence-corrected chi connectivity index (χ0v) is 14.0. The highest BCUT2D eigenvalue weighted by Crippen LogP contribution is 2.08. The van der Waals surface area contributed by atoms with E-state index in [9.17, 15) is 9.59 Å².